The van der Waals surface area contributed by atoms with E-state index in [0.29, 0.717) is 33.2 Å². The predicted octanol–water partition coefficient (Wildman–Crippen LogP) is 3.61. The topological polar surface area (TPSA) is 93.8 Å². The Labute approximate surface area is 146 Å². The van der Waals surface area contributed by atoms with Crippen molar-refractivity contribution < 1.29 is 9.32 Å². The summed E-state index contributed by atoms with van der Waals surface area (Å²) in [4.78, 5) is 17.2. The minimum Gasteiger partial charge on any atom is -0.335 e. The summed E-state index contributed by atoms with van der Waals surface area (Å²) in [7, 11) is 0. The molecule has 3 aromatic heterocycles. The number of hydrogen-bond donors (Lipinski definition) is 1. The van der Waals surface area contributed by atoms with Crippen LogP contribution in [0.25, 0.3) is 22.4 Å². The Morgan fingerprint density at radius 3 is 2.72 bits per heavy atom. The van der Waals surface area contributed by atoms with Gasteiger partial charge in [-0.15, -0.1) is 10.2 Å². The van der Waals surface area contributed by atoms with Crippen molar-refractivity contribution in [2.75, 3.05) is 5.32 Å². The molecule has 1 amide bonds. The fourth-order valence-corrected chi connectivity index (χ4v) is 2.98. The molecule has 0 aliphatic heterocycles. The van der Waals surface area contributed by atoms with Gasteiger partial charge < -0.3 is 4.52 Å². The van der Waals surface area contributed by atoms with Crippen molar-refractivity contribution >= 4 is 33.5 Å². The van der Waals surface area contributed by atoms with Gasteiger partial charge in [-0.3, -0.25) is 10.1 Å². The highest BCUT2D eigenvalue weighted by Crippen LogP contribution is 2.28. The summed E-state index contributed by atoms with van der Waals surface area (Å²) in [6.07, 6.45) is 0. The smallest absolute Gasteiger partial charge is 0.259 e. The first-order chi connectivity index (χ1) is 12.1. The number of aromatic nitrogens is 4. The Balaban J connectivity index is 1.84. The molecule has 0 atom stereocenters. The summed E-state index contributed by atoms with van der Waals surface area (Å²) in [6, 6.07) is 9.65. The van der Waals surface area contributed by atoms with E-state index in [0.717, 1.165) is 11.1 Å². The number of carbonyl (C=O) groups excluding carboxylic acids is 1. The molecule has 0 fully saturated rings. The Morgan fingerprint density at radius 1 is 1.20 bits per heavy atom. The number of fused-ring (bicyclic) bond motifs is 1. The third-order valence-electron chi connectivity index (χ3n) is 3.79. The first-order valence-corrected chi connectivity index (χ1v) is 8.41. The van der Waals surface area contributed by atoms with Crippen LogP contribution in [0.15, 0.2) is 40.4 Å². The fraction of sp³-hybridized carbons (Fsp3) is 0.118. The molecule has 0 unspecified atom stereocenters. The molecule has 3 heterocycles. The van der Waals surface area contributed by atoms with Crippen LogP contribution in [0.3, 0.4) is 0 Å². The molecule has 0 aliphatic carbocycles. The van der Waals surface area contributed by atoms with Crippen molar-refractivity contribution in [3.8, 4) is 11.3 Å². The van der Waals surface area contributed by atoms with E-state index >= 15 is 0 Å². The maximum atomic E-state index is 12.7. The van der Waals surface area contributed by atoms with E-state index in [1.807, 2.05) is 31.2 Å². The van der Waals surface area contributed by atoms with Gasteiger partial charge in [0.1, 0.15) is 5.51 Å². The van der Waals surface area contributed by atoms with Gasteiger partial charge in [-0.1, -0.05) is 46.3 Å². The number of aryl methyl sites for hydroxylation is 2. The Morgan fingerprint density at radius 2 is 2.00 bits per heavy atom. The molecule has 1 N–H and O–H groups in total. The summed E-state index contributed by atoms with van der Waals surface area (Å²) in [5.74, 6) is -0.302. The van der Waals surface area contributed by atoms with Crippen LogP contribution in [0, 0.1) is 13.8 Å². The average Bonchev–Trinajstić information content (AvgIpc) is 3.25. The summed E-state index contributed by atoms with van der Waals surface area (Å²) < 4.78 is 5.29. The zero-order valence-electron chi connectivity index (χ0n) is 13.5. The molecule has 0 saturated carbocycles. The number of nitrogens with one attached hydrogen (secondary N) is 1. The molecule has 1 aromatic carbocycles. The van der Waals surface area contributed by atoms with Gasteiger partial charge in [0.05, 0.1) is 22.3 Å². The third kappa shape index (κ3) is 2.87. The van der Waals surface area contributed by atoms with E-state index in [4.69, 9.17) is 4.52 Å². The van der Waals surface area contributed by atoms with Crippen LogP contribution < -0.4 is 5.32 Å². The lowest BCUT2D eigenvalue weighted by atomic mass is 10.0. The maximum Gasteiger partial charge on any atom is 0.259 e. The van der Waals surface area contributed by atoms with E-state index in [1.54, 1.807) is 18.5 Å². The third-order valence-corrected chi connectivity index (χ3v) is 4.40. The number of rotatable bonds is 3. The summed E-state index contributed by atoms with van der Waals surface area (Å²) in [6.45, 7) is 3.79. The van der Waals surface area contributed by atoms with E-state index < -0.39 is 0 Å². The Kier molecular flexibility index (Phi) is 3.73. The van der Waals surface area contributed by atoms with Crippen molar-refractivity contribution in [1.82, 2.24) is 20.3 Å². The van der Waals surface area contributed by atoms with Crippen LogP contribution in [-0.4, -0.2) is 26.2 Å². The highest BCUT2D eigenvalue weighted by Gasteiger charge is 2.20. The number of amides is 1. The second-order valence-electron chi connectivity index (χ2n) is 5.57. The minimum atomic E-state index is -0.302. The largest absolute Gasteiger partial charge is 0.335 e. The number of nitrogens with zero attached hydrogens (tertiary/aromatic N) is 4. The van der Waals surface area contributed by atoms with Gasteiger partial charge in [-0.05, 0) is 19.9 Å². The predicted molar refractivity (Wildman–Crippen MR) is 94.6 cm³/mol. The number of hydrogen-bond acceptors (Lipinski definition) is 7. The first-order valence-electron chi connectivity index (χ1n) is 7.53. The van der Waals surface area contributed by atoms with Crippen LogP contribution >= 0.6 is 11.3 Å². The van der Waals surface area contributed by atoms with Crippen LogP contribution in [0.1, 0.15) is 21.6 Å². The second-order valence-corrected chi connectivity index (χ2v) is 6.40. The number of benzene rings is 1. The first kappa shape index (κ1) is 15.4. The van der Waals surface area contributed by atoms with Gasteiger partial charge >= 0.3 is 0 Å². The fourth-order valence-electron chi connectivity index (χ4n) is 2.54. The van der Waals surface area contributed by atoms with Gasteiger partial charge in [0, 0.05) is 5.56 Å². The molecule has 0 saturated heterocycles. The van der Waals surface area contributed by atoms with Gasteiger partial charge in [0.2, 0.25) is 5.13 Å². The van der Waals surface area contributed by atoms with Crippen LogP contribution in [0.5, 0.6) is 0 Å². The van der Waals surface area contributed by atoms with Crippen molar-refractivity contribution in [3.63, 3.8) is 0 Å². The molecule has 8 heteroatoms. The van der Waals surface area contributed by atoms with Crippen LogP contribution in [0.4, 0.5) is 5.13 Å². The van der Waals surface area contributed by atoms with Crippen LogP contribution in [-0.2, 0) is 0 Å². The normalized spacial score (nSPS) is 11.0. The molecule has 7 nitrogen and oxygen atoms in total. The quantitative estimate of drug-likeness (QED) is 0.606. The Hall–Kier alpha value is -3.13. The van der Waals surface area contributed by atoms with Crippen molar-refractivity contribution in [2.45, 2.75) is 13.8 Å². The van der Waals surface area contributed by atoms with Crippen molar-refractivity contribution in [1.29, 1.82) is 0 Å². The zero-order valence-corrected chi connectivity index (χ0v) is 14.3. The molecule has 124 valence electrons. The van der Waals surface area contributed by atoms with E-state index in [9.17, 15) is 4.79 Å². The average molecular weight is 351 g/mol. The zero-order chi connectivity index (χ0) is 17.4. The molecule has 0 radical (unpaired) electrons. The lowest BCUT2D eigenvalue weighted by Gasteiger charge is -2.07. The molecular weight excluding hydrogens is 338 g/mol. The Bertz CT molecular complexity index is 1050. The van der Waals surface area contributed by atoms with Gasteiger partial charge in [-0.2, -0.15) is 0 Å². The lowest BCUT2D eigenvalue weighted by molar-refractivity contribution is 0.102. The van der Waals surface area contributed by atoms with Gasteiger partial charge in [0.25, 0.3) is 11.6 Å². The SMILES string of the molecule is Cc1ccc(-c2cc(C(=O)Nc3nncs3)c3c(C)noc3n2)cc1. The summed E-state index contributed by atoms with van der Waals surface area (Å²) in [5, 5.41) is 15.3. The highest BCUT2D eigenvalue weighted by atomic mass is 32.1. The molecule has 4 aromatic rings. The van der Waals surface area contributed by atoms with E-state index in [1.165, 1.54) is 11.3 Å². The monoisotopic (exact) mass is 351 g/mol. The van der Waals surface area contributed by atoms with Gasteiger partial charge in [-0.25, -0.2) is 4.98 Å². The molecule has 4 rings (SSSR count). The van der Waals surface area contributed by atoms with E-state index in [2.05, 4.69) is 25.7 Å². The number of carbonyl (C=O) groups is 1. The number of anilines is 1. The second kappa shape index (κ2) is 6.06. The minimum absolute atomic E-state index is 0.302. The highest BCUT2D eigenvalue weighted by molar-refractivity contribution is 7.13. The molecule has 0 spiro atoms. The van der Waals surface area contributed by atoms with Crippen LogP contribution in [0.2, 0.25) is 0 Å². The van der Waals surface area contributed by atoms with Crippen molar-refractivity contribution in [2.24, 2.45) is 0 Å². The van der Waals surface area contributed by atoms with E-state index in [-0.39, 0.29) is 5.91 Å². The maximum absolute atomic E-state index is 12.7. The van der Waals surface area contributed by atoms with Crippen molar-refractivity contribution in [3.05, 3.63) is 52.7 Å². The molecule has 25 heavy (non-hydrogen) atoms. The molecule has 0 aliphatic rings. The molecule has 0 bridgehead atoms. The summed E-state index contributed by atoms with van der Waals surface area (Å²) in [5.41, 5.74) is 5.63. The lowest BCUT2D eigenvalue weighted by Crippen LogP contribution is -2.13. The van der Waals surface area contributed by atoms with Gasteiger partial charge in [0.15, 0.2) is 0 Å². The summed E-state index contributed by atoms with van der Waals surface area (Å²) >= 11 is 1.25. The standard InChI is InChI=1S/C17H13N5O2S/c1-9-3-5-11(6-4-9)13-7-12(14-10(2)22-24-16(14)19-13)15(23)20-17-21-18-8-25-17/h3-8H,1-2H3,(H,20,21,23). The number of pyridine rings is 1. The molecular formula is C17H13N5O2S.